The molecular weight excluding hydrogens is 353 g/mol. The number of esters is 1. The third-order valence-corrected chi connectivity index (χ3v) is 6.45. The molecule has 1 N–H and O–H groups in total. The lowest BCUT2D eigenvalue weighted by Crippen LogP contribution is -2.32. The molecule has 1 aromatic carbocycles. The molecule has 1 heterocycles. The van der Waals surface area contributed by atoms with Gasteiger partial charge in [0.2, 0.25) is 0 Å². The summed E-state index contributed by atoms with van der Waals surface area (Å²) in [6, 6.07) is 4.92. The van der Waals surface area contributed by atoms with Crippen LogP contribution in [0.4, 0.5) is 5.69 Å². The van der Waals surface area contributed by atoms with Crippen molar-refractivity contribution < 1.29 is 14.3 Å². The first-order valence-corrected chi connectivity index (χ1v) is 9.03. The number of halogens is 2. The van der Waals surface area contributed by atoms with Gasteiger partial charge >= 0.3 is 5.97 Å². The number of rotatable bonds is 4. The normalized spacial score (nSPS) is 16.5. The van der Waals surface area contributed by atoms with E-state index in [1.54, 1.807) is 18.2 Å². The molecule has 1 aromatic rings. The quantitative estimate of drug-likeness (QED) is 0.824. The van der Waals surface area contributed by atoms with Crippen molar-refractivity contribution in [2.45, 2.75) is 17.6 Å². The molecule has 0 bridgehead atoms. The Hall–Kier alpha value is -0.560. The highest BCUT2D eigenvalue weighted by Gasteiger charge is 2.29. The first kappa shape index (κ1) is 16.8. The Kier molecular flexibility index (Phi) is 6.10. The largest absolute Gasteiger partial charge is 0.451 e. The van der Waals surface area contributed by atoms with Crippen molar-refractivity contribution in [1.82, 2.24) is 0 Å². The first-order valence-electron chi connectivity index (χ1n) is 6.17. The van der Waals surface area contributed by atoms with Crippen LogP contribution in [0.2, 0.25) is 10.0 Å². The lowest BCUT2D eigenvalue weighted by atomic mass is 10.3. The van der Waals surface area contributed by atoms with Crippen molar-refractivity contribution in [1.29, 1.82) is 0 Å². The lowest BCUT2D eigenvalue weighted by molar-refractivity contribution is -0.151. The third-order valence-electron chi connectivity index (χ3n) is 2.69. The number of carbonyl (C=O) groups is 2. The Morgan fingerprint density at radius 3 is 2.67 bits per heavy atom. The van der Waals surface area contributed by atoms with E-state index < -0.39 is 12.0 Å². The maximum absolute atomic E-state index is 12.0. The van der Waals surface area contributed by atoms with Gasteiger partial charge in [-0.3, -0.25) is 4.79 Å². The van der Waals surface area contributed by atoms with Gasteiger partial charge in [-0.25, -0.2) is 4.79 Å². The minimum absolute atomic E-state index is 0.241. The van der Waals surface area contributed by atoms with Crippen LogP contribution in [0.25, 0.3) is 0 Å². The number of hydrogen-bond acceptors (Lipinski definition) is 5. The molecule has 4 nitrogen and oxygen atoms in total. The van der Waals surface area contributed by atoms with Crippen molar-refractivity contribution in [3.8, 4) is 0 Å². The maximum atomic E-state index is 12.0. The van der Waals surface area contributed by atoms with E-state index in [-0.39, 0.29) is 15.6 Å². The second kappa shape index (κ2) is 7.63. The zero-order valence-corrected chi connectivity index (χ0v) is 14.2. The summed E-state index contributed by atoms with van der Waals surface area (Å²) in [7, 11) is 0. The van der Waals surface area contributed by atoms with Crippen molar-refractivity contribution in [2.75, 3.05) is 16.8 Å². The number of nitrogens with one attached hydrogen (secondary N) is 1. The zero-order chi connectivity index (χ0) is 15.4. The average Bonchev–Trinajstić information content (AvgIpc) is 2.98. The molecule has 1 aliphatic rings. The second-order valence-corrected chi connectivity index (χ2v) is 7.75. The summed E-state index contributed by atoms with van der Waals surface area (Å²) in [5.74, 6) is 1.02. The van der Waals surface area contributed by atoms with E-state index in [1.807, 2.05) is 0 Å². The predicted octanol–water partition coefficient (Wildman–Crippen LogP) is 3.67. The number of hydrogen-bond donors (Lipinski definition) is 1. The van der Waals surface area contributed by atoms with Crippen LogP contribution in [-0.2, 0) is 14.3 Å². The minimum Gasteiger partial charge on any atom is -0.451 e. The fourth-order valence-corrected chi connectivity index (χ4v) is 4.50. The van der Waals surface area contributed by atoms with Gasteiger partial charge in [0.1, 0.15) is 4.58 Å². The van der Waals surface area contributed by atoms with Crippen LogP contribution in [0.1, 0.15) is 6.92 Å². The fourth-order valence-electron chi connectivity index (χ4n) is 1.61. The van der Waals surface area contributed by atoms with Crippen molar-refractivity contribution in [3.63, 3.8) is 0 Å². The average molecular weight is 366 g/mol. The van der Waals surface area contributed by atoms with Gasteiger partial charge in [-0.2, -0.15) is 0 Å². The number of benzene rings is 1. The van der Waals surface area contributed by atoms with Gasteiger partial charge in [-0.05, 0) is 19.1 Å². The smallest absolute Gasteiger partial charge is 0.330 e. The van der Waals surface area contributed by atoms with Gasteiger partial charge in [0.05, 0.1) is 15.7 Å². The predicted molar refractivity (Wildman–Crippen MR) is 89.3 cm³/mol. The molecule has 0 saturated carbocycles. The highest BCUT2D eigenvalue weighted by Crippen LogP contribution is 2.33. The molecule has 0 aliphatic carbocycles. The SMILES string of the molecule is CC(OC(=O)C1SCCS1)C(=O)Nc1cccc(Cl)c1Cl. The molecule has 0 spiro atoms. The minimum atomic E-state index is -0.894. The molecule has 1 unspecified atom stereocenters. The summed E-state index contributed by atoms with van der Waals surface area (Å²) >= 11 is 14.9. The van der Waals surface area contributed by atoms with Crippen molar-refractivity contribution >= 4 is 64.3 Å². The lowest BCUT2D eigenvalue weighted by Gasteiger charge is -2.16. The third kappa shape index (κ3) is 4.45. The Balaban J connectivity index is 1.93. The Morgan fingerprint density at radius 1 is 1.33 bits per heavy atom. The molecule has 21 heavy (non-hydrogen) atoms. The van der Waals surface area contributed by atoms with Gasteiger partial charge < -0.3 is 10.1 Å². The Morgan fingerprint density at radius 2 is 2.00 bits per heavy atom. The summed E-state index contributed by atoms with van der Waals surface area (Å²) in [6.07, 6.45) is -0.894. The fraction of sp³-hybridized carbons (Fsp3) is 0.385. The van der Waals surface area contributed by atoms with Gasteiger partial charge in [-0.1, -0.05) is 29.3 Å². The molecular formula is C13H13Cl2NO3S2. The van der Waals surface area contributed by atoms with E-state index in [4.69, 9.17) is 27.9 Å². The molecule has 2 rings (SSSR count). The molecule has 8 heteroatoms. The van der Waals surface area contributed by atoms with Crippen LogP contribution < -0.4 is 5.32 Å². The Labute approximate surface area is 141 Å². The topological polar surface area (TPSA) is 55.4 Å². The van der Waals surface area contributed by atoms with Crippen LogP contribution >= 0.6 is 46.7 Å². The standard InChI is InChI=1S/C13H13Cl2NO3S2/c1-7(19-12(18)13-20-5-6-21-13)11(17)16-9-4-2-3-8(14)10(9)15/h2-4,7,13H,5-6H2,1H3,(H,16,17). The molecule has 1 aliphatic heterocycles. The van der Waals surface area contributed by atoms with E-state index in [1.165, 1.54) is 30.4 Å². The van der Waals surface area contributed by atoms with Gasteiger partial charge in [0.15, 0.2) is 6.10 Å². The van der Waals surface area contributed by atoms with Crippen LogP contribution in [0.5, 0.6) is 0 Å². The molecule has 114 valence electrons. The summed E-state index contributed by atoms with van der Waals surface area (Å²) in [5, 5.41) is 3.20. The van der Waals surface area contributed by atoms with E-state index in [2.05, 4.69) is 5.32 Å². The van der Waals surface area contributed by atoms with E-state index >= 15 is 0 Å². The number of ether oxygens (including phenoxy) is 1. The number of thioether (sulfide) groups is 2. The second-order valence-electron chi connectivity index (χ2n) is 4.24. The monoisotopic (exact) mass is 365 g/mol. The molecule has 0 radical (unpaired) electrons. The summed E-state index contributed by atoms with van der Waals surface area (Å²) in [6.45, 7) is 1.52. The van der Waals surface area contributed by atoms with Gasteiger partial charge in [0.25, 0.3) is 5.91 Å². The highest BCUT2D eigenvalue weighted by atomic mass is 35.5. The van der Waals surface area contributed by atoms with Crippen molar-refractivity contribution in [3.05, 3.63) is 28.2 Å². The molecule has 1 saturated heterocycles. The summed E-state index contributed by atoms with van der Waals surface area (Å²) in [5.41, 5.74) is 0.390. The van der Waals surface area contributed by atoms with Crippen LogP contribution in [0.15, 0.2) is 18.2 Å². The van der Waals surface area contributed by atoms with Gasteiger partial charge in [-0.15, -0.1) is 23.5 Å². The van der Waals surface area contributed by atoms with Crippen LogP contribution in [-0.4, -0.2) is 34.1 Å². The maximum Gasteiger partial charge on any atom is 0.330 e. The molecule has 0 aromatic heterocycles. The molecule has 1 atom stereocenters. The summed E-state index contributed by atoms with van der Waals surface area (Å²) < 4.78 is 4.93. The zero-order valence-electron chi connectivity index (χ0n) is 11.1. The van der Waals surface area contributed by atoms with E-state index in [0.717, 1.165) is 11.5 Å². The van der Waals surface area contributed by atoms with Crippen LogP contribution in [0.3, 0.4) is 0 Å². The Bertz CT molecular complexity index is 550. The van der Waals surface area contributed by atoms with Crippen LogP contribution in [0, 0.1) is 0 Å². The molecule has 1 amide bonds. The van der Waals surface area contributed by atoms with E-state index in [9.17, 15) is 9.59 Å². The highest BCUT2D eigenvalue weighted by molar-refractivity contribution is 8.21. The number of amides is 1. The van der Waals surface area contributed by atoms with Crippen molar-refractivity contribution in [2.24, 2.45) is 0 Å². The summed E-state index contributed by atoms with van der Waals surface area (Å²) in [4.78, 5) is 23.9. The van der Waals surface area contributed by atoms with Gasteiger partial charge in [0, 0.05) is 11.5 Å². The number of carbonyl (C=O) groups excluding carboxylic acids is 2. The number of anilines is 1. The molecule has 1 fully saturated rings. The first-order chi connectivity index (χ1) is 9.99. The van der Waals surface area contributed by atoms with E-state index in [0.29, 0.717) is 10.7 Å².